The van der Waals surface area contributed by atoms with E-state index in [9.17, 15) is 4.79 Å². The van der Waals surface area contributed by atoms with Crippen LogP contribution in [-0.4, -0.2) is 28.0 Å². The molecule has 25 heavy (non-hydrogen) atoms. The molecule has 1 aromatic carbocycles. The van der Waals surface area contributed by atoms with Crippen LogP contribution < -0.4 is 5.56 Å². The second kappa shape index (κ2) is 6.73. The predicted octanol–water partition coefficient (Wildman–Crippen LogP) is 4.25. The number of nitrogens with one attached hydrogen (secondary N) is 1. The van der Waals surface area contributed by atoms with E-state index in [1.165, 1.54) is 30.4 Å². The third kappa shape index (κ3) is 3.26. The van der Waals surface area contributed by atoms with E-state index in [4.69, 9.17) is 4.98 Å². The first-order chi connectivity index (χ1) is 12.1. The maximum absolute atomic E-state index is 12.8. The molecule has 4 rings (SSSR count). The lowest BCUT2D eigenvalue weighted by Gasteiger charge is -2.25. The molecule has 1 fully saturated rings. The largest absolute Gasteiger partial charge is 0.309 e. The molecule has 4 nitrogen and oxygen atoms in total. The number of benzene rings is 1. The van der Waals surface area contributed by atoms with Crippen LogP contribution in [0.2, 0.25) is 0 Å². The number of hydrogen-bond acceptors (Lipinski definition) is 4. The zero-order valence-electron chi connectivity index (χ0n) is 14.8. The van der Waals surface area contributed by atoms with Crippen LogP contribution in [0.1, 0.15) is 36.2 Å². The van der Waals surface area contributed by atoms with Gasteiger partial charge in [0, 0.05) is 10.9 Å². The molecule has 130 valence electrons. The van der Waals surface area contributed by atoms with Gasteiger partial charge < -0.3 is 4.98 Å². The van der Waals surface area contributed by atoms with Gasteiger partial charge in [0.1, 0.15) is 10.7 Å². The van der Waals surface area contributed by atoms with Gasteiger partial charge in [-0.15, -0.1) is 11.3 Å². The van der Waals surface area contributed by atoms with E-state index in [1.54, 1.807) is 11.3 Å². The average molecular weight is 353 g/mol. The second-order valence-electron chi connectivity index (χ2n) is 7.00. The topological polar surface area (TPSA) is 49.0 Å². The number of fused-ring (bicyclic) bond motifs is 1. The number of H-pyrrole nitrogens is 1. The second-order valence-corrected chi connectivity index (χ2v) is 7.86. The number of thiophene rings is 1. The predicted molar refractivity (Wildman–Crippen MR) is 104 cm³/mol. The van der Waals surface area contributed by atoms with E-state index >= 15 is 0 Å². The zero-order valence-corrected chi connectivity index (χ0v) is 15.6. The van der Waals surface area contributed by atoms with Gasteiger partial charge in [0.05, 0.1) is 11.9 Å². The normalized spacial score (nSPS) is 15.8. The van der Waals surface area contributed by atoms with Crippen molar-refractivity contribution in [2.75, 3.05) is 13.1 Å². The van der Waals surface area contributed by atoms with Crippen LogP contribution in [0.3, 0.4) is 0 Å². The minimum Gasteiger partial charge on any atom is -0.309 e. The molecular weight excluding hydrogens is 330 g/mol. The van der Waals surface area contributed by atoms with E-state index in [-0.39, 0.29) is 5.56 Å². The maximum atomic E-state index is 12.8. The van der Waals surface area contributed by atoms with E-state index in [0.29, 0.717) is 0 Å². The fourth-order valence-corrected chi connectivity index (χ4v) is 4.67. The van der Waals surface area contributed by atoms with Crippen LogP contribution in [0, 0.1) is 13.8 Å². The number of nitrogens with zero attached hydrogens (tertiary/aromatic N) is 2. The molecule has 5 heteroatoms. The first-order valence-corrected chi connectivity index (χ1v) is 9.80. The number of aromatic amines is 1. The van der Waals surface area contributed by atoms with E-state index in [1.807, 2.05) is 0 Å². The summed E-state index contributed by atoms with van der Waals surface area (Å²) in [6.45, 7) is 7.11. The molecule has 0 bridgehead atoms. The molecule has 0 radical (unpaired) electrons. The first-order valence-electron chi connectivity index (χ1n) is 8.92. The average Bonchev–Trinajstić information content (AvgIpc) is 3.00. The van der Waals surface area contributed by atoms with Crippen LogP contribution in [-0.2, 0) is 6.54 Å². The highest BCUT2D eigenvalue weighted by Gasteiger charge is 2.16. The number of aromatic nitrogens is 2. The van der Waals surface area contributed by atoms with Crippen LogP contribution >= 0.6 is 11.3 Å². The van der Waals surface area contributed by atoms with Crippen molar-refractivity contribution in [1.82, 2.24) is 14.9 Å². The van der Waals surface area contributed by atoms with E-state index < -0.39 is 0 Å². The number of hydrogen-bond donors (Lipinski definition) is 1. The van der Waals surface area contributed by atoms with Gasteiger partial charge in [-0.05, 0) is 50.9 Å². The summed E-state index contributed by atoms with van der Waals surface area (Å²) in [4.78, 5) is 23.8. The number of aryl methyl sites for hydroxylation is 2. The lowest BCUT2D eigenvalue weighted by molar-refractivity contribution is 0.216. The SMILES string of the molecule is Cc1ccc(-c2csc3nc(CN4CCCCC4)[nH]c(=O)c23)c(C)c1. The van der Waals surface area contributed by atoms with Crippen LogP contribution in [0.25, 0.3) is 21.3 Å². The van der Waals surface area contributed by atoms with Crippen molar-refractivity contribution in [1.29, 1.82) is 0 Å². The van der Waals surface area contributed by atoms with Crippen molar-refractivity contribution in [2.24, 2.45) is 0 Å². The molecule has 0 amide bonds. The number of piperidine rings is 1. The molecule has 0 atom stereocenters. The highest BCUT2D eigenvalue weighted by Crippen LogP contribution is 2.33. The van der Waals surface area contributed by atoms with Crippen molar-refractivity contribution in [3.63, 3.8) is 0 Å². The maximum Gasteiger partial charge on any atom is 0.260 e. The van der Waals surface area contributed by atoms with Crippen molar-refractivity contribution in [3.8, 4) is 11.1 Å². The Bertz CT molecular complexity index is 967. The lowest BCUT2D eigenvalue weighted by atomic mass is 9.99. The summed E-state index contributed by atoms with van der Waals surface area (Å²) in [7, 11) is 0. The molecule has 1 saturated heterocycles. The van der Waals surface area contributed by atoms with Crippen LogP contribution in [0.5, 0.6) is 0 Å². The van der Waals surface area contributed by atoms with Gasteiger partial charge in [0.15, 0.2) is 0 Å². The lowest BCUT2D eigenvalue weighted by Crippen LogP contribution is -2.30. The molecule has 1 aliphatic heterocycles. The third-order valence-corrected chi connectivity index (χ3v) is 5.86. The molecule has 0 unspecified atom stereocenters. The molecule has 3 aromatic rings. The molecule has 0 aliphatic carbocycles. The summed E-state index contributed by atoms with van der Waals surface area (Å²) < 4.78 is 0. The molecule has 2 aromatic heterocycles. The highest BCUT2D eigenvalue weighted by atomic mass is 32.1. The minimum absolute atomic E-state index is 0.0202. The van der Waals surface area contributed by atoms with Crippen LogP contribution in [0.4, 0.5) is 0 Å². The Morgan fingerprint density at radius 1 is 1.16 bits per heavy atom. The summed E-state index contributed by atoms with van der Waals surface area (Å²) in [5.74, 6) is 0.786. The Hall–Kier alpha value is -1.98. The Kier molecular flexibility index (Phi) is 4.44. The summed E-state index contributed by atoms with van der Waals surface area (Å²) in [6.07, 6.45) is 3.79. The summed E-state index contributed by atoms with van der Waals surface area (Å²) in [5.41, 5.74) is 4.52. The van der Waals surface area contributed by atoms with Crippen LogP contribution in [0.15, 0.2) is 28.4 Å². The summed E-state index contributed by atoms with van der Waals surface area (Å²) >= 11 is 1.56. The molecule has 1 N–H and O–H groups in total. The molecule has 1 aliphatic rings. The number of rotatable bonds is 3. The monoisotopic (exact) mass is 353 g/mol. The fourth-order valence-electron chi connectivity index (χ4n) is 3.71. The standard InChI is InChI=1S/C20H23N3OS/c1-13-6-7-15(14(2)10-13)16-12-25-20-18(16)19(24)21-17(22-20)11-23-8-4-3-5-9-23/h6-7,10,12H,3-5,8-9,11H2,1-2H3,(H,21,22,24). The smallest absolute Gasteiger partial charge is 0.260 e. The van der Waals surface area contributed by atoms with Gasteiger partial charge in [-0.3, -0.25) is 9.69 Å². The Morgan fingerprint density at radius 3 is 2.72 bits per heavy atom. The van der Waals surface area contributed by atoms with Gasteiger partial charge in [-0.25, -0.2) is 4.98 Å². The Morgan fingerprint density at radius 2 is 1.96 bits per heavy atom. The molecular formula is C20H23N3OS. The van der Waals surface area contributed by atoms with Gasteiger partial charge in [-0.2, -0.15) is 0 Å². The van der Waals surface area contributed by atoms with Gasteiger partial charge in [-0.1, -0.05) is 30.2 Å². The first kappa shape index (κ1) is 16.5. The van der Waals surface area contributed by atoms with Crippen molar-refractivity contribution < 1.29 is 0 Å². The van der Waals surface area contributed by atoms with Crippen molar-refractivity contribution in [3.05, 3.63) is 50.9 Å². The van der Waals surface area contributed by atoms with Gasteiger partial charge in [0.2, 0.25) is 0 Å². The van der Waals surface area contributed by atoms with Crippen molar-refractivity contribution in [2.45, 2.75) is 39.7 Å². The summed E-state index contributed by atoms with van der Waals surface area (Å²) in [6, 6.07) is 6.36. The van der Waals surface area contributed by atoms with E-state index in [0.717, 1.165) is 46.8 Å². The summed E-state index contributed by atoms with van der Waals surface area (Å²) in [5, 5.41) is 2.79. The number of likely N-dealkylation sites (tertiary alicyclic amines) is 1. The van der Waals surface area contributed by atoms with E-state index in [2.05, 4.69) is 47.3 Å². The quantitative estimate of drug-likeness (QED) is 0.765. The minimum atomic E-state index is -0.0202. The van der Waals surface area contributed by atoms with Crippen molar-refractivity contribution >= 4 is 21.6 Å². The molecule has 0 saturated carbocycles. The molecule has 0 spiro atoms. The third-order valence-electron chi connectivity index (χ3n) is 4.99. The fraction of sp³-hybridized carbons (Fsp3) is 0.400. The highest BCUT2D eigenvalue weighted by molar-refractivity contribution is 7.17. The molecule has 3 heterocycles. The Balaban J connectivity index is 1.73. The zero-order chi connectivity index (χ0) is 17.4. The van der Waals surface area contributed by atoms with Gasteiger partial charge >= 0.3 is 0 Å². The van der Waals surface area contributed by atoms with Gasteiger partial charge in [0.25, 0.3) is 5.56 Å². The Labute approximate surface area is 151 Å².